The molecule has 2 aromatic rings. The molecule has 0 bridgehead atoms. The summed E-state index contributed by atoms with van der Waals surface area (Å²) in [4.78, 5) is 0. The van der Waals surface area contributed by atoms with Crippen molar-refractivity contribution in [3.05, 3.63) is 59.9 Å². The molecule has 1 atom stereocenters. The number of nitrogen functional groups attached to an aromatic ring is 1. The molecule has 0 saturated heterocycles. The van der Waals surface area contributed by atoms with E-state index in [4.69, 9.17) is 5.73 Å². The van der Waals surface area contributed by atoms with Crippen molar-refractivity contribution in [2.75, 3.05) is 17.7 Å². The first-order valence-electron chi connectivity index (χ1n) is 5.67. The van der Waals surface area contributed by atoms with E-state index >= 15 is 0 Å². The van der Waals surface area contributed by atoms with Gasteiger partial charge < -0.3 is 16.2 Å². The quantitative estimate of drug-likeness (QED) is 0.727. The monoisotopic (exact) mass is 246 g/mol. The number of nitrogens with two attached hydrogens (primary N) is 1. The zero-order valence-electron chi connectivity index (χ0n) is 9.81. The van der Waals surface area contributed by atoms with E-state index in [2.05, 4.69) is 5.32 Å². The first-order valence-corrected chi connectivity index (χ1v) is 5.67. The Bertz CT molecular complexity index is 496. The van der Waals surface area contributed by atoms with Gasteiger partial charge in [0.1, 0.15) is 5.82 Å². The van der Waals surface area contributed by atoms with Crippen LogP contribution < -0.4 is 11.1 Å². The molecular formula is C14H15FN2O. The van der Waals surface area contributed by atoms with Crippen LogP contribution in [-0.2, 0) is 0 Å². The molecule has 0 fully saturated rings. The second-order valence-electron chi connectivity index (χ2n) is 4.06. The molecule has 0 aliphatic heterocycles. The summed E-state index contributed by atoms with van der Waals surface area (Å²) in [7, 11) is 0. The standard InChI is InChI=1S/C14H15FN2O/c15-11-6-12(16)8-13(7-11)17-14(9-18)10-4-2-1-3-5-10/h1-8,14,17-18H,9,16H2. The van der Waals surface area contributed by atoms with Gasteiger partial charge in [0.25, 0.3) is 0 Å². The minimum atomic E-state index is -0.401. The zero-order valence-corrected chi connectivity index (χ0v) is 9.81. The van der Waals surface area contributed by atoms with Gasteiger partial charge in [0.05, 0.1) is 12.6 Å². The van der Waals surface area contributed by atoms with Crippen LogP contribution in [-0.4, -0.2) is 11.7 Å². The summed E-state index contributed by atoms with van der Waals surface area (Å²) < 4.78 is 13.2. The van der Waals surface area contributed by atoms with Crippen LogP contribution in [0.25, 0.3) is 0 Å². The van der Waals surface area contributed by atoms with Crippen LogP contribution in [0.1, 0.15) is 11.6 Å². The van der Waals surface area contributed by atoms with Gasteiger partial charge in [-0.3, -0.25) is 0 Å². The van der Waals surface area contributed by atoms with Crippen molar-refractivity contribution in [3.63, 3.8) is 0 Å². The van der Waals surface area contributed by atoms with Gasteiger partial charge in [-0.1, -0.05) is 30.3 Å². The van der Waals surface area contributed by atoms with Gasteiger partial charge in [-0.05, 0) is 23.8 Å². The molecule has 0 heterocycles. The fraction of sp³-hybridized carbons (Fsp3) is 0.143. The lowest BCUT2D eigenvalue weighted by molar-refractivity contribution is 0.276. The van der Waals surface area contributed by atoms with Gasteiger partial charge >= 0.3 is 0 Å². The maximum Gasteiger partial charge on any atom is 0.127 e. The predicted molar refractivity (Wildman–Crippen MR) is 70.7 cm³/mol. The SMILES string of the molecule is Nc1cc(F)cc(NC(CO)c2ccccc2)c1. The Labute approximate surface area is 105 Å². The molecule has 1 unspecified atom stereocenters. The molecular weight excluding hydrogens is 231 g/mol. The van der Waals surface area contributed by atoms with Crippen molar-refractivity contribution in [1.82, 2.24) is 0 Å². The highest BCUT2D eigenvalue weighted by Crippen LogP contribution is 2.22. The van der Waals surface area contributed by atoms with Crippen molar-refractivity contribution < 1.29 is 9.50 Å². The molecule has 0 aromatic heterocycles. The van der Waals surface area contributed by atoms with Gasteiger partial charge in [0.15, 0.2) is 0 Å². The summed E-state index contributed by atoms with van der Waals surface area (Å²) in [6, 6.07) is 13.4. The highest BCUT2D eigenvalue weighted by molar-refractivity contribution is 5.55. The van der Waals surface area contributed by atoms with Crippen LogP contribution >= 0.6 is 0 Å². The molecule has 18 heavy (non-hydrogen) atoms. The minimum absolute atomic E-state index is 0.0829. The second-order valence-corrected chi connectivity index (χ2v) is 4.06. The Kier molecular flexibility index (Phi) is 3.79. The third kappa shape index (κ3) is 2.99. The van der Waals surface area contributed by atoms with Crippen LogP contribution in [0, 0.1) is 5.82 Å². The molecule has 0 amide bonds. The molecule has 0 saturated carbocycles. The van der Waals surface area contributed by atoms with E-state index in [9.17, 15) is 9.50 Å². The fourth-order valence-electron chi connectivity index (χ4n) is 1.82. The summed E-state index contributed by atoms with van der Waals surface area (Å²) in [6.45, 7) is -0.0829. The summed E-state index contributed by atoms with van der Waals surface area (Å²) in [5, 5.41) is 12.4. The Morgan fingerprint density at radius 2 is 1.89 bits per heavy atom. The normalized spacial score (nSPS) is 12.1. The molecule has 94 valence electrons. The molecule has 2 aromatic carbocycles. The van der Waals surface area contributed by atoms with E-state index in [1.54, 1.807) is 6.07 Å². The lowest BCUT2D eigenvalue weighted by atomic mass is 10.1. The van der Waals surface area contributed by atoms with E-state index in [1.165, 1.54) is 12.1 Å². The van der Waals surface area contributed by atoms with Gasteiger partial charge in [-0.25, -0.2) is 4.39 Å². The van der Waals surface area contributed by atoms with Gasteiger partial charge in [0, 0.05) is 11.4 Å². The van der Waals surface area contributed by atoms with Crippen molar-refractivity contribution in [3.8, 4) is 0 Å². The molecule has 3 nitrogen and oxygen atoms in total. The fourth-order valence-corrected chi connectivity index (χ4v) is 1.82. The predicted octanol–water partition coefficient (Wildman–Crippen LogP) is 2.55. The number of hydrogen-bond donors (Lipinski definition) is 3. The first kappa shape index (κ1) is 12.4. The Balaban J connectivity index is 2.20. The molecule has 2 rings (SSSR count). The lowest BCUT2D eigenvalue weighted by Gasteiger charge is -2.18. The summed E-state index contributed by atoms with van der Waals surface area (Å²) in [5.41, 5.74) is 7.41. The lowest BCUT2D eigenvalue weighted by Crippen LogP contribution is -2.15. The number of benzene rings is 2. The Hall–Kier alpha value is -2.07. The van der Waals surface area contributed by atoms with Crippen molar-refractivity contribution >= 4 is 11.4 Å². The Morgan fingerprint density at radius 3 is 2.50 bits per heavy atom. The van der Waals surface area contributed by atoms with Crippen LogP contribution in [0.4, 0.5) is 15.8 Å². The van der Waals surface area contributed by atoms with E-state index in [1.807, 2.05) is 30.3 Å². The molecule has 0 radical (unpaired) electrons. The van der Waals surface area contributed by atoms with Gasteiger partial charge in [-0.15, -0.1) is 0 Å². The van der Waals surface area contributed by atoms with E-state index < -0.39 is 5.82 Å². The highest BCUT2D eigenvalue weighted by Gasteiger charge is 2.10. The maximum absolute atomic E-state index is 13.2. The average Bonchev–Trinajstić information content (AvgIpc) is 2.36. The summed E-state index contributed by atoms with van der Waals surface area (Å²) >= 11 is 0. The summed E-state index contributed by atoms with van der Waals surface area (Å²) in [5.74, 6) is -0.401. The largest absolute Gasteiger partial charge is 0.399 e. The van der Waals surface area contributed by atoms with Crippen LogP contribution in [0.15, 0.2) is 48.5 Å². The molecule has 4 N–H and O–H groups in total. The number of hydrogen-bond acceptors (Lipinski definition) is 3. The maximum atomic E-state index is 13.2. The van der Waals surface area contributed by atoms with Gasteiger partial charge in [0.2, 0.25) is 0 Å². The molecule has 4 heteroatoms. The number of halogens is 1. The molecule has 0 aliphatic carbocycles. The first-order chi connectivity index (χ1) is 8.69. The number of rotatable bonds is 4. The van der Waals surface area contributed by atoms with Crippen LogP contribution in [0.2, 0.25) is 0 Å². The number of anilines is 2. The zero-order chi connectivity index (χ0) is 13.0. The number of nitrogens with one attached hydrogen (secondary N) is 1. The third-order valence-electron chi connectivity index (χ3n) is 2.65. The minimum Gasteiger partial charge on any atom is -0.399 e. The van der Waals surface area contributed by atoms with Crippen molar-refractivity contribution in [2.24, 2.45) is 0 Å². The van der Waals surface area contributed by atoms with Gasteiger partial charge in [-0.2, -0.15) is 0 Å². The van der Waals surface area contributed by atoms with Crippen LogP contribution in [0.3, 0.4) is 0 Å². The number of aliphatic hydroxyl groups is 1. The number of aliphatic hydroxyl groups excluding tert-OH is 1. The third-order valence-corrected chi connectivity index (χ3v) is 2.65. The van der Waals surface area contributed by atoms with Crippen molar-refractivity contribution in [2.45, 2.75) is 6.04 Å². The Morgan fingerprint density at radius 1 is 1.17 bits per heavy atom. The second kappa shape index (κ2) is 5.51. The van der Waals surface area contributed by atoms with Crippen LogP contribution in [0.5, 0.6) is 0 Å². The summed E-state index contributed by atoms with van der Waals surface area (Å²) in [6.07, 6.45) is 0. The highest BCUT2D eigenvalue weighted by atomic mass is 19.1. The topological polar surface area (TPSA) is 58.3 Å². The molecule has 0 spiro atoms. The van der Waals surface area contributed by atoms with Crippen molar-refractivity contribution in [1.29, 1.82) is 0 Å². The van der Waals surface area contributed by atoms with E-state index in [0.29, 0.717) is 11.4 Å². The van der Waals surface area contributed by atoms with E-state index in [-0.39, 0.29) is 12.6 Å². The average molecular weight is 246 g/mol. The smallest absolute Gasteiger partial charge is 0.127 e. The molecule has 0 aliphatic rings. The van der Waals surface area contributed by atoms with E-state index in [0.717, 1.165) is 5.56 Å².